The molecule has 3 aliphatic rings. The van der Waals surface area contributed by atoms with Crippen molar-refractivity contribution in [1.29, 1.82) is 0 Å². The summed E-state index contributed by atoms with van der Waals surface area (Å²) in [7, 11) is 0. The van der Waals surface area contributed by atoms with Crippen molar-refractivity contribution in [1.82, 2.24) is 4.57 Å². The number of hydrogen-bond acceptors (Lipinski definition) is 2. The third-order valence-corrected chi connectivity index (χ3v) is 8.49. The molecule has 4 aromatic carbocycles. The molecule has 1 aromatic heterocycles. The van der Waals surface area contributed by atoms with Crippen LogP contribution in [0, 0.1) is 0 Å². The standard InChI is InChI=1S/C36H29N3/c1-3-13-24(4-2)37-33-20-11-12-21-34(33)39-32-19-10-7-16-28(32)29-22-25(23-35(37)36(29)39)38-30-17-8-5-14-26(30)27-15-6-9-18-31(27)38/h3-23,29,36H,1-2H3. The monoisotopic (exact) mass is 503 g/mol. The van der Waals surface area contributed by atoms with Gasteiger partial charge in [-0.1, -0.05) is 85.0 Å². The van der Waals surface area contributed by atoms with Crippen LogP contribution in [0.3, 0.4) is 0 Å². The molecule has 5 aromatic rings. The lowest BCUT2D eigenvalue weighted by Gasteiger charge is -2.46. The van der Waals surface area contributed by atoms with E-state index in [1.165, 1.54) is 61.5 Å². The molecule has 3 heteroatoms. The highest BCUT2D eigenvalue weighted by molar-refractivity contribution is 6.10. The van der Waals surface area contributed by atoms with Gasteiger partial charge in [-0.2, -0.15) is 0 Å². The van der Waals surface area contributed by atoms with Crippen LogP contribution in [0.1, 0.15) is 25.3 Å². The molecule has 0 amide bonds. The Morgan fingerprint density at radius 2 is 1.31 bits per heavy atom. The van der Waals surface area contributed by atoms with E-state index in [0.29, 0.717) is 0 Å². The van der Waals surface area contributed by atoms with E-state index < -0.39 is 0 Å². The van der Waals surface area contributed by atoms with E-state index in [0.717, 1.165) is 0 Å². The number of benzene rings is 4. The van der Waals surface area contributed by atoms with Gasteiger partial charge in [-0.25, -0.2) is 0 Å². The van der Waals surface area contributed by atoms with Gasteiger partial charge >= 0.3 is 0 Å². The van der Waals surface area contributed by atoms with Crippen LogP contribution in [0.15, 0.2) is 139 Å². The molecular weight excluding hydrogens is 474 g/mol. The molecule has 3 heterocycles. The molecule has 0 radical (unpaired) electrons. The second kappa shape index (κ2) is 8.37. The van der Waals surface area contributed by atoms with Crippen LogP contribution >= 0.6 is 0 Å². The maximum atomic E-state index is 2.57. The third-order valence-electron chi connectivity index (χ3n) is 8.49. The fourth-order valence-corrected chi connectivity index (χ4v) is 7.01. The van der Waals surface area contributed by atoms with Gasteiger partial charge in [-0.15, -0.1) is 0 Å². The third kappa shape index (κ3) is 2.99. The lowest BCUT2D eigenvalue weighted by atomic mass is 9.85. The largest absolute Gasteiger partial charge is 0.329 e. The van der Waals surface area contributed by atoms with Crippen LogP contribution in [-0.2, 0) is 0 Å². The lowest BCUT2D eigenvalue weighted by Crippen LogP contribution is -2.45. The van der Waals surface area contributed by atoms with Crippen molar-refractivity contribution in [2.75, 3.05) is 9.80 Å². The molecule has 3 nitrogen and oxygen atoms in total. The van der Waals surface area contributed by atoms with E-state index in [1.807, 2.05) is 0 Å². The fraction of sp³-hybridized carbons (Fsp3) is 0.111. The number of para-hydroxylation sites is 5. The quantitative estimate of drug-likeness (QED) is 0.227. The topological polar surface area (TPSA) is 11.4 Å². The van der Waals surface area contributed by atoms with Gasteiger partial charge in [-0.3, -0.25) is 0 Å². The highest BCUT2D eigenvalue weighted by Crippen LogP contribution is 2.57. The average molecular weight is 504 g/mol. The Hall–Kier alpha value is -4.76. The van der Waals surface area contributed by atoms with E-state index in [1.54, 1.807) is 0 Å². The van der Waals surface area contributed by atoms with Crippen LogP contribution in [0.4, 0.5) is 17.1 Å². The Morgan fingerprint density at radius 3 is 2.00 bits per heavy atom. The summed E-state index contributed by atoms with van der Waals surface area (Å²) < 4.78 is 2.46. The second-order valence-corrected chi connectivity index (χ2v) is 10.5. The molecule has 2 aliphatic heterocycles. The Bertz CT molecular complexity index is 1860. The van der Waals surface area contributed by atoms with Gasteiger partial charge in [-0.05, 0) is 61.9 Å². The Balaban J connectivity index is 1.47. The number of hydrogen-bond donors (Lipinski definition) is 0. The molecule has 0 saturated heterocycles. The van der Waals surface area contributed by atoms with Crippen LogP contribution in [-0.4, -0.2) is 10.6 Å². The van der Waals surface area contributed by atoms with Gasteiger partial charge in [0.2, 0.25) is 0 Å². The summed E-state index contributed by atoms with van der Waals surface area (Å²) in [5.41, 5.74) is 11.4. The highest BCUT2D eigenvalue weighted by Gasteiger charge is 2.48. The predicted octanol–water partition coefficient (Wildman–Crippen LogP) is 9.14. The van der Waals surface area contributed by atoms with Crippen molar-refractivity contribution in [3.8, 4) is 0 Å². The van der Waals surface area contributed by atoms with Gasteiger partial charge < -0.3 is 14.4 Å². The number of fused-ring (bicyclic) bond motifs is 8. The van der Waals surface area contributed by atoms with Crippen molar-refractivity contribution in [3.63, 3.8) is 0 Å². The molecular formula is C36H29N3. The molecule has 1 aliphatic carbocycles. The molecule has 0 saturated carbocycles. The molecule has 0 N–H and O–H groups in total. The Morgan fingerprint density at radius 1 is 0.692 bits per heavy atom. The Kier molecular flexibility index (Phi) is 4.78. The molecule has 0 bridgehead atoms. The normalized spacial score (nSPS) is 19.8. The van der Waals surface area contributed by atoms with Gasteiger partial charge in [0.25, 0.3) is 0 Å². The maximum Gasteiger partial charge on any atom is 0.0852 e. The molecule has 39 heavy (non-hydrogen) atoms. The summed E-state index contributed by atoms with van der Waals surface area (Å²) in [6, 6.07) is 35.6. The molecule has 188 valence electrons. The van der Waals surface area contributed by atoms with Gasteiger partial charge in [0.1, 0.15) is 0 Å². The summed E-state index contributed by atoms with van der Waals surface area (Å²) in [6.45, 7) is 4.23. The summed E-state index contributed by atoms with van der Waals surface area (Å²) in [5.74, 6) is 0.232. The number of nitrogens with zero attached hydrogens (tertiary/aromatic N) is 3. The minimum Gasteiger partial charge on any atom is -0.329 e. The van der Waals surface area contributed by atoms with Crippen LogP contribution in [0.2, 0.25) is 0 Å². The van der Waals surface area contributed by atoms with Crippen molar-refractivity contribution in [2.24, 2.45) is 0 Å². The first-order valence-corrected chi connectivity index (χ1v) is 13.8. The predicted molar refractivity (Wildman–Crippen MR) is 164 cm³/mol. The SMILES string of the molecule is CC=CC(=CC)N1C2=CC(n3c4ccccc4c4ccccc43)=CC3c4ccccc4N(c4ccccc41)C23. The minimum atomic E-state index is 0.189. The van der Waals surface area contributed by atoms with Crippen LogP contribution < -0.4 is 9.80 Å². The number of anilines is 3. The Labute approximate surface area is 228 Å². The summed E-state index contributed by atoms with van der Waals surface area (Å²) >= 11 is 0. The van der Waals surface area contributed by atoms with Crippen molar-refractivity contribution < 1.29 is 0 Å². The van der Waals surface area contributed by atoms with Crippen molar-refractivity contribution in [2.45, 2.75) is 25.8 Å². The summed E-state index contributed by atoms with van der Waals surface area (Å²) in [6.07, 6.45) is 11.5. The van der Waals surface area contributed by atoms with Crippen molar-refractivity contribution in [3.05, 3.63) is 144 Å². The zero-order valence-corrected chi connectivity index (χ0v) is 22.1. The average Bonchev–Trinajstić information content (AvgIpc) is 3.50. The highest BCUT2D eigenvalue weighted by atomic mass is 15.3. The van der Waals surface area contributed by atoms with E-state index in [-0.39, 0.29) is 12.0 Å². The molecule has 0 spiro atoms. The smallest absolute Gasteiger partial charge is 0.0852 e. The second-order valence-electron chi connectivity index (χ2n) is 10.5. The first-order chi connectivity index (χ1) is 19.3. The van der Waals surface area contributed by atoms with Gasteiger partial charge in [0.15, 0.2) is 0 Å². The number of aromatic nitrogens is 1. The molecule has 2 unspecified atom stereocenters. The number of rotatable bonds is 3. The molecule has 0 fully saturated rings. The van der Waals surface area contributed by atoms with Gasteiger partial charge in [0.05, 0.1) is 28.5 Å². The maximum absolute atomic E-state index is 2.57. The van der Waals surface area contributed by atoms with E-state index >= 15 is 0 Å². The lowest BCUT2D eigenvalue weighted by molar-refractivity contribution is 0.671. The zero-order valence-electron chi connectivity index (χ0n) is 22.1. The summed E-state index contributed by atoms with van der Waals surface area (Å²) in [4.78, 5) is 5.05. The molecule has 2 atom stereocenters. The van der Waals surface area contributed by atoms with Crippen LogP contribution in [0.25, 0.3) is 27.5 Å². The van der Waals surface area contributed by atoms with E-state index in [9.17, 15) is 0 Å². The first-order valence-electron chi connectivity index (χ1n) is 13.8. The fourth-order valence-electron chi connectivity index (χ4n) is 7.01. The van der Waals surface area contributed by atoms with E-state index in [4.69, 9.17) is 0 Å². The molecule has 8 rings (SSSR count). The van der Waals surface area contributed by atoms with E-state index in [2.05, 4.69) is 156 Å². The zero-order chi connectivity index (χ0) is 26.1. The van der Waals surface area contributed by atoms with Gasteiger partial charge in [0, 0.05) is 39.5 Å². The first kappa shape index (κ1) is 22.2. The van der Waals surface area contributed by atoms with Crippen LogP contribution in [0.5, 0.6) is 0 Å². The minimum absolute atomic E-state index is 0.189. The summed E-state index contributed by atoms with van der Waals surface area (Å²) in [5, 5.41) is 2.58. The van der Waals surface area contributed by atoms with Crippen molar-refractivity contribution >= 4 is 44.6 Å². The number of allylic oxidation sites excluding steroid dienone is 5.